The molecule has 1 amide bonds. The van der Waals surface area contributed by atoms with Crippen molar-refractivity contribution in [2.45, 2.75) is 64.5 Å². The standard InChI is InChI=1S/C22H29N3O/c1-3-13-25-14-19(15(2)24-25)22(26)23-21-18-12-8-7-11-17(18)20(21)16-9-5-4-6-10-16/h4-6,9-10,14,17-18,20-21H,3,7-8,11-13H2,1-2H3,(H,23,26)/t17-,18+,20-,21-/m0/s1. The van der Waals surface area contributed by atoms with E-state index in [1.807, 2.05) is 17.8 Å². The van der Waals surface area contributed by atoms with Gasteiger partial charge in [-0.25, -0.2) is 0 Å². The molecular formula is C22H29N3O. The largest absolute Gasteiger partial charge is 0.348 e. The van der Waals surface area contributed by atoms with Gasteiger partial charge in [0.15, 0.2) is 0 Å². The molecule has 26 heavy (non-hydrogen) atoms. The van der Waals surface area contributed by atoms with Crippen molar-refractivity contribution in [3.05, 3.63) is 53.3 Å². The second kappa shape index (κ2) is 7.26. The Labute approximate surface area is 156 Å². The van der Waals surface area contributed by atoms with Crippen LogP contribution in [0, 0.1) is 18.8 Å². The van der Waals surface area contributed by atoms with E-state index in [-0.39, 0.29) is 11.9 Å². The zero-order valence-corrected chi connectivity index (χ0v) is 15.8. The Kier molecular flexibility index (Phi) is 4.84. The van der Waals surface area contributed by atoms with Gasteiger partial charge in [0.25, 0.3) is 5.91 Å². The third kappa shape index (κ3) is 3.06. The van der Waals surface area contributed by atoms with Gasteiger partial charge in [-0.15, -0.1) is 0 Å². The first-order chi connectivity index (χ1) is 12.7. The molecule has 2 aliphatic carbocycles. The molecule has 4 atom stereocenters. The highest BCUT2D eigenvalue weighted by Crippen LogP contribution is 2.54. The van der Waals surface area contributed by atoms with E-state index in [9.17, 15) is 4.79 Å². The van der Waals surface area contributed by atoms with Gasteiger partial charge in [-0.05, 0) is 43.6 Å². The molecule has 1 heterocycles. The lowest BCUT2D eigenvalue weighted by Crippen LogP contribution is -2.59. The summed E-state index contributed by atoms with van der Waals surface area (Å²) in [6.07, 6.45) is 8.08. The lowest BCUT2D eigenvalue weighted by molar-refractivity contribution is 0.0252. The zero-order valence-electron chi connectivity index (χ0n) is 15.8. The minimum absolute atomic E-state index is 0.0415. The van der Waals surface area contributed by atoms with E-state index < -0.39 is 0 Å². The predicted octanol–water partition coefficient (Wildman–Crippen LogP) is 4.30. The summed E-state index contributed by atoms with van der Waals surface area (Å²) >= 11 is 0. The number of nitrogens with one attached hydrogen (secondary N) is 1. The molecule has 2 aliphatic rings. The van der Waals surface area contributed by atoms with Gasteiger partial charge in [0, 0.05) is 24.7 Å². The predicted molar refractivity (Wildman–Crippen MR) is 103 cm³/mol. The second-order valence-corrected chi connectivity index (χ2v) is 7.94. The molecule has 0 radical (unpaired) electrons. The Morgan fingerprint density at radius 3 is 2.65 bits per heavy atom. The zero-order chi connectivity index (χ0) is 18.1. The van der Waals surface area contributed by atoms with Crippen LogP contribution >= 0.6 is 0 Å². The number of aryl methyl sites for hydroxylation is 2. The maximum atomic E-state index is 13.0. The molecule has 0 bridgehead atoms. The van der Waals surface area contributed by atoms with Crippen molar-refractivity contribution in [2.24, 2.45) is 11.8 Å². The van der Waals surface area contributed by atoms with Crippen LogP contribution in [0.1, 0.15) is 66.6 Å². The molecule has 4 heteroatoms. The van der Waals surface area contributed by atoms with Crippen LogP contribution in [0.2, 0.25) is 0 Å². The van der Waals surface area contributed by atoms with Gasteiger partial charge in [-0.3, -0.25) is 9.48 Å². The molecule has 1 N–H and O–H groups in total. The molecule has 0 saturated heterocycles. The van der Waals surface area contributed by atoms with Crippen molar-refractivity contribution >= 4 is 5.91 Å². The van der Waals surface area contributed by atoms with Gasteiger partial charge in [-0.1, -0.05) is 50.1 Å². The Hall–Kier alpha value is -2.10. The van der Waals surface area contributed by atoms with E-state index in [0.717, 1.165) is 30.1 Å². The van der Waals surface area contributed by atoms with E-state index in [2.05, 4.69) is 47.7 Å². The van der Waals surface area contributed by atoms with Crippen LogP contribution in [0.5, 0.6) is 0 Å². The topological polar surface area (TPSA) is 46.9 Å². The number of carbonyl (C=O) groups is 1. The number of aromatic nitrogens is 2. The minimum Gasteiger partial charge on any atom is -0.348 e. The van der Waals surface area contributed by atoms with Crippen molar-refractivity contribution in [1.82, 2.24) is 15.1 Å². The first-order valence-electron chi connectivity index (χ1n) is 10.1. The van der Waals surface area contributed by atoms with Crippen molar-refractivity contribution in [3.63, 3.8) is 0 Å². The fourth-order valence-electron chi connectivity index (χ4n) is 5.11. The van der Waals surface area contributed by atoms with Crippen LogP contribution in [0.25, 0.3) is 0 Å². The van der Waals surface area contributed by atoms with Gasteiger partial charge in [0.1, 0.15) is 0 Å². The van der Waals surface area contributed by atoms with Crippen LogP contribution in [0.15, 0.2) is 36.5 Å². The van der Waals surface area contributed by atoms with Gasteiger partial charge in [0.05, 0.1) is 11.3 Å². The third-order valence-electron chi connectivity index (χ3n) is 6.31. The first-order valence-corrected chi connectivity index (χ1v) is 10.1. The maximum absolute atomic E-state index is 13.0. The Balaban J connectivity index is 1.54. The molecule has 0 spiro atoms. The van der Waals surface area contributed by atoms with Crippen molar-refractivity contribution in [1.29, 1.82) is 0 Å². The molecule has 0 unspecified atom stereocenters. The monoisotopic (exact) mass is 351 g/mol. The smallest absolute Gasteiger partial charge is 0.254 e. The number of fused-ring (bicyclic) bond motifs is 1. The fraction of sp³-hybridized carbons (Fsp3) is 0.545. The first kappa shape index (κ1) is 17.3. The lowest BCUT2D eigenvalue weighted by Gasteiger charge is -2.55. The molecular weight excluding hydrogens is 322 g/mol. The Morgan fingerprint density at radius 1 is 1.19 bits per heavy atom. The van der Waals surface area contributed by atoms with Crippen molar-refractivity contribution in [2.75, 3.05) is 0 Å². The maximum Gasteiger partial charge on any atom is 0.254 e. The third-order valence-corrected chi connectivity index (χ3v) is 6.31. The second-order valence-electron chi connectivity index (χ2n) is 7.94. The number of benzene rings is 1. The summed E-state index contributed by atoms with van der Waals surface area (Å²) in [4.78, 5) is 13.0. The highest BCUT2D eigenvalue weighted by molar-refractivity contribution is 5.95. The van der Waals surface area contributed by atoms with Crippen LogP contribution in [-0.2, 0) is 6.54 Å². The quantitative estimate of drug-likeness (QED) is 0.873. The van der Waals surface area contributed by atoms with E-state index in [0.29, 0.717) is 11.8 Å². The lowest BCUT2D eigenvalue weighted by atomic mass is 9.53. The molecule has 2 fully saturated rings. The van der Waals surface area contributed by atoms with Crippen molar-refractivity contribution in [3.8, 4) is 0 Å². The van der Waals surface area contributed by atoms with Crippen LogP contribution in [0.3, 0.4) is 0 Å². The number of carbonyl (C=O) groups excluding carboxylic acids is 1. The van der Waals surface area contributed by atoms with Gasteiger partial charge < -0.3 is 5.32 Å². The molecule has 1 aromatic heterocycles. The summed E-state index contributed by atoms with van der Waals surface area (Å²) in [6.45, 7) is 4.91. The average molecular weight is 351 g/mol. The van der Waals surface area contributed by atoms with Gasteiger partial charge in [0.2, 0.25) is 0 Å². The van der Waals surface area contributed by atoms with Gasteiger partial charge >= 0.3 is 0 Å². The van der Waals surface area contributed by atoms with Crippen molar-refractivity contribution < 1.29 is 4.79 Å². The van der Waals surface area contributed by atoms with Gasteiger partial charge in [-0.2, -0.15) is 5.10 Å². The minimum atomic E-state index is 0.0415. The number of rotatable bonds is 5. The number of hydrogen-bond donors (Lipinski definition) is 1. The Morgan fingerprint density at radius 2 is 1.92 bits per heavy atom. The number of hydrogen-bond acceptors (Lipinski definition) is 2. The Bertz CT molecular complexity index is 767. The number of amides is 1. The molecule has 1 aromatic carbocycles. The van der Waals surface area contributed by atoms with Crippen LogP contribution in [-0.4, -0.2) is 21.7 Å². The van der Waals surface area contributed by atoms with Crippen LogP contribution < -0.4 is 5.32 Å². The summed E-state index contributed by atoms with van der Waals surface area (Å²) < 4.78 is 1.89. The van der Waals surface area contributed by atoms with E-state index in [1.54, 1.807) is 0 Å². The highest BCUT2D eigenvalue weighted by Gasteiger charge is 2.51. The average Bonchev–Trinajstić information content (AvgIpc) is 3.01. The summed E-state index contributed by atoms with van der Waals surface area (Å²) in [6, 6.07) is 11.0. The summed E-state index contributed by atoms with van der Waals surface area (Å²) in [5.74, 6) is 1.85. The summed E-state index contributed by atoms with van der Waals surface area (Å²) in [5, 5.41) is 7.87. The molecule has 0 aliphatic heterocycles. The molecule has 4 nitrogen and oxygen atoms in total. The normalized spacial score (nSPS) is 27.5. The highest BCUT2D eigenvalue weighted by atomic mass is 16.1. The molecule has 138 valence electrons. The van der Waals surface area contributed by atoms with E-state index in [1.165, 1.54) is 31.2 Å². The number of nitrogens with zero attached hydrogens (tertiary/aromatic N) is 2. The summed E-state index contributed by atoms with van der Waals surface area (Å²) in [7, 11) is 0. The van der Waals surface area contributed by atoms with E-state index in [4.69, 9.17) is 0 Å². The van der Waals surface area contributed by atoms with Crippen LogP contribution in [0.4, 0.5) is 0 Å². The summed E-state index contributed by atoms with van der Waals surface area (Å²) in [5.41, 5.74) is 2.93. The molecule has 2 aromatic rings. The van der Waals surface area contributed by atoms with E-state index >= 15 is 0 Å². The SMILES string of the molecule is CCCn1cc(C(=O)N[C@H]2[C@@H]3CCCC[C@@H]3[C@@H]2c2ccccc2)c(C)n1. The molecule has 2 saturated carbocycles. The fourth-order valence-corrected chi connectivity index (χ4v) is 5.11. The molecule has 4 rings (SSSR count).